The van der Waals surface area contributed by atoms with E-state index < -0.39 is 17.6 Å². The third-order valence-corrected chi connectivity index (χ3v) is 14.8. The SMILES string of the molecule is CC(=O)O[C@H]1C[C@@H](O)CC[C@@]2(C#C[C@H]3CCC[C@@H]4C[C@H](CCN4)Oc4cc(c(CO)cc4O)C[C@H]13)CNC(N)=NCN1C[C@H]3C[C@@H](C1)CN(C3)CC21CCCC1. The molecule has 3 saturated heterocycles. The summed E-state index contributed by atoms with van der Waals surface area (Å²) in [5.41, 5.74) is 7.57. The zero-order valence-corrected chi connectivity index (χ0v) is 33.5. The fraction of sp³-hybridized carbons (Fsp3) is 0.773. The summed E-state index contributed by atoms with van der Waals surface area (Å²) in [6.07, 6.45) is 10.8. The Morgan fingerprint density at radius 3 is 2.59 bits per heavy atom. The number of benzene rings is 1. The maximum atomic E-state index is 12.8. The molecule has 7 N–H and O–H groups in total. The lowest BCUT2D eigenvalue weighted by atomic mass is 9.58. The number of aromatic hydroxyl groups is 1. The Morgan fingerprint density at radius 2 is 1.82 bits per heavy atom. The molecule has 8 bridgehead atoms. The van der Waals surface area contributed by atoms with E-state index in [-0.39, 0.29) is 47.7 Å². The number of nitrogens with one attached hydrogen (secondary N) is 2. The third kappa shape index (κ3) is 8.68. The van der Waals surface area contributed by atoms with Crippen LogP contribution in [0.25, 0.3) is 0 Å². The van der Waals surface area contributed by atoms with E-state index in [1.165, 1.54) is 13.3 Å². The number of guanidine groups is 1. The highest BCUT2D eigenvalue weighted by Gasteiger charge is 2.54. The van der Waals surface area contributed by atoms with E-state index in [0.717, 1.165) is 103 Å². The molecule has 6 heterocycles. The molecule has 308 valence electrons. The van der Waals surface area contributed by atoms with Gasteiger partial charge < -0.3 is 46.1 Å². The van der Waals surface area contributed by atoms with Gasteiger partial charge in [0, 0.05) is 75.9 Å². The van der Waals surface area contributed by atoms with Crippen LogP contribution in [0.4, 0.5) is 0 Å². The van der Waals surface area contributed by atoms with Crippen LogP contribution in [-0.2, 0) is 22.6 Å². The lowest BCUT2D eigenvalue weighted by Gasteiger charge is -2.52. The van der Waals surface area contributed by atoms with Gasteiger partial charge in [-0.3, -0.25) is 9.69 Å². The number of nitrogens with zero attached hydrogens (tertiary/aromatic N) is 3. The maximum absolute atomic E-state index is 12.8. The molecule has 0 radical (unpaired) electrons. The van der Waals surface area contributed by atoms with Crippen LogP contribution in [0.2, 0.25) is 0 Å². The van der Waals surface area contributed by atoms with Crippen LogP contribution in [0.3, 0.4) is 0 Å². The summed E-state index contributed by atoms with van der Waals surface area (Å²) in [4.78, 5) is 22.9. The lowest BCUT2D eigenvalue weighted by Crippen LogP contribution is -2.57. The molecule has 12 heteroatoms. The zero-order valence-electron chi connectivity index (χ0n) is 33.5. The van der Waals surface area contributed by atoms with Crippen molar-refractivity contribution in [3.05, 3.63) is 23.3 Å². The van der Waals surface area contributed by atoms with E-state index in [1.54, 1.807) is 6.07 Å². The van der Waals surface area contributed by atoms with Crippen LogP contribution in [-0.4, -0.2) is 114 Å². The summed E-state index contributed by atoms with van der Waals surface area (Å²) in [7, 11) is 0. The smallest absolute Gasteiger partial charge is 0.302 e. The van der Waals surface area contributed by atoms with Crippen molar-refractivity contribution in [2.24, 2.45) is 45.2 Å². The molecule has 1 aromatic rings. The van der Waals surface area contributed by atoms with Crippen LogP contribution < -0.4 is 21.1 Å². The number of carbonyl (C=O) groups excluding carboxylic acids is 1. The summed E-state index contributed by atoms with van der Waals surface area (Å²) < 4.78 is 12.7. The van der Waals surface area contributed by atoms with Gasteiger partial charge in [0.15, 0.2) is 17.5 Å². The summed E-state index contributed by atoms with van der Waals surface area (Å²) in [5.74, 6) is 9.39. The minimum atomic E-state index is -0.714. The second kappa shape index (κ2) is 17.0. The first-order valence-corrected chi connectivity index (χ1v) is 21.8. The number of esters is 1. The molecule has 6 aliphatic heterocycles. The van der Waals surface area contributed by atoms with Gasteiger partial charge in [-0.05, 0) is 106 Å². The van der Waals surface area contributed by atoms with Crippen LogP contribution in [0.15, 0.2) is 17.1 Å². The van der Waals surface area contributed by atoms with Crippen molar-refractivity contribution in [1.29, 1.82) is 0 Å². The monoisotopic (exact) mass is 775 g/mol. The molecule has 0 amide bonds. The van der Waals surface area contributed by atoms with Gasteiger partial charge in [0.25, 0.3) is 0 Å². The molecular formula is C44H66N6O6. The molecule has 56 heavy (non-hydrogen) atoms. The molecule has 12 nitrogen and oxygen atoms in total. The summed E-state index contributed by atoms with van der Waals surface area (Å²) in [5, 5.41) is 41.0. The van der Waals surface area contributed by atoms with E-state index >= 15 is 0 Å². The number of aliphatic imine (C=N–C) groups is 1. The molecule has 0 aromatic heterocycles. The van der Waals surface area contributed by atoms with Crippen LogP contribution in [0, 0.1) is 46.3 Å². The lowest BCUT2D eigenvalue weighted by molar-refractivity contribution is -0.152. The van der Waals surface area contributed by atoms with Crippen molar-refractivity contribution in [3.63, 3.8) is 0 Å². The van der Waals surface area contributed by atoms with E-state index in [4.69, 9.17) is 20.2 Å². The number of rotatable bonds is 2. The maximum Gasteiger partial charge on any atom is 0.302 e. The number of fused-ring (bicyclic) bond motifs is 8. The summed E-state index contributed by atoms with van der Waals surface area (Å²) in [6.45, 7) is 8.52. The van der Waals surface area contributed by atoms with Crippen molar-refractivity contribution < 1.29 is 29.6 Å². The van der Waals surface area contributed by atoms with Crippen molar-refractivity contribution in [3.8, 4) is 23.3 Å². The number of hydrogen-bond donors (Lipinski definition) is 6. The van der Waals surface area contributed by atoms with Gasteiger partial charge in [0.2, 0.25) is 0 Å². The topological polar surface area (TPSA) is 165 Å². The van der Waals surface area contributed by atoms with Crippen LogP contribution in [0.1, 0.15) is 102 Å². The molecule has 4 fully saturated rings. The molecule has 1 saturated carbocycles. The molecule has 1 aromatic carbocycles. The second-order valence-corrected chi connectivity index (χ2v) is 18.7. The van der Waals surface area contributed by atoms with Gasteiger partial charge in [-0.25, -0.2) is 4.99 Å². The zero-order chi connectivity index (χ0) is 38.9. The normalized spacial score (nSPS) is 38.6. The number of carbonyl (C=O) groups is 1. The van der Waals surface area contributed by atoms with Crippen molar-refractivity contribution in [2.75, 3.05) is 52.5 Å². The Morgan fingerprint density at radius 1 is 1.04 bits per heavy atom. The summed E-state index contributed by atoms with van der Waals surface area (Å²) >= 11 is 0. The third-order valence-electron chi connectivity index (χ3n) is 14.8. The number of hydrogen-bond acceptors (Lipinski definition) is 12. The number of phenols is 1. The Labute approximate surface area is 333 Å². The first-order valence-electron chi connectivity index (χ1n) is 21.8. The minimum Gasteiger partial charge on any atom is -0.504 e. The van der Waals surface area contributed by atoms with Crippen molar-refractivity contribution in [2.45, 2.75) is 128 Å². The first-order chi connectivity index (χ1) is 27.1. The highest BCUT2D eigenvalue weighted by atomic mass is 16.5. The van der Waals surface area contributed by atoms with E-state index in [9.17, 15) is 20.1 Å². The molecule has 2 aliphatic carbocycles. The minimum absolute atomic E-state index is 0.0174. The predicted octanol–water partition coefficient (Wildman–Crippen LogP) is 3.50. The molecule has 11 atom stereocenters. The van der Waals surface area contributed by atoms with Gasteiger partial charge in [-0.1, -0.05) is 31.1 Å². The Balaban J connectivity index is 1.25. The molecule has 2 spiro atoms. The fourth-order valence-corrected chi connectivity index (χ4v) is 12.1. The number of ether oxygens (including phenoxy) is 2. The van der Waals surface area contributed by atoms with Crippen molar-refractivity contribution >= 4 is 11.9 Å². The highest BCUT2D eigenvalue weighted by Crippen LogP contribution is 2.55. The average Bonchev–Trinajstić information content (AvgIpc) is 3.65. The average molecular weight is 775 g/mol. The molecule has 8 aliphatic rings. The van der Waals surface area contributed by atoms with Gasteiger partial charge >= 0.3 is 5.97 Å². The van der Waals surface area contributed by atoms with Crippen molar-refractivity contribution in [1.82, 2.24) is 20.4 Å². The second-order valence-electron chi connectivity index (χ2n) is 18.7. The Kier molecular flexibility index (Phi) is 12.1. The number of aliphatic hydroxyl groups excluding tert-OH is 2. The Bertz CT molecular complexity index is 1640. The molecule has 9 rings (SSSR count). The van der Waals surface area contributed by atoms with Gasteiger partial charge in [0.05, 0.1) is 24.8 Å². The van der Waals surface area contributed by atoms with E-state index in [0.29, 0.717) is 68.0 Å². The van der Waals surface area contributed by atoms with Gasteiger partial charge in [-0.15, -0.1) is 0 Å². The Hall–Kier alpha value is -3.08. The summed E-state index contributed by atoms with van der Waals surface area (Å²) in [6, 6.07) is 3.77. The van der Waals surface area contributed by atoms with Gasteiger partial charge in [0.1, 0.15) is 12.2 Å². The van der Waals surface area contributed by atoms with Crippen LogP contribution >= 0.6 is 0 Å². The highest BCUT2D eigenvalue weighted by molar-refractivity contribution is 5.77. The number of phenolic OH excluding ortho intramolecular Hbond substituents is 1. The number of aliphatic hydroxyl groups is 2. The number of nitrogens with two attached hydrogens (primary N) is 1. The largest absolute Gasteiger partial charge is 0.504 e. The molecule has 2 unspecified atom stereocenters. The quantitative estimate of drug-likeness (QED) is 0.193. The predicted molar refractivity (Wildman–Crippen MR) is 215 cm³/mol. The standard InChI is InChI=1S/C44H66N6O6/c1-29(52)55-40-20-36(53)8-13-43(26-47-42(45)48-28-50-23-30-15-31(24-50)22-49(21-30)27-44(43)10-2-3-11-44)12-7-32-5-4-6-35-19-37(9-14-46-35)56-41-18-33(16-38(32)40)34(25-51)17-39(41)54/h17-18,30-32,35-38,40,46,51,53-54H,2-6,8-11,13-16,19-28H2,1H3,(H3,45,47,48)/t30-,31+,32-,35-,36+,37+,38+,40+,43+/m1/s1. The van der Waals surface area contributed by atoms with Gasteiger partial charge in [-0.2, -0.15) is 0 Å². The first kappa shape index (κ1) is 39.7. The fourth-order valence-electron chi connectivity index (χ4n) is 12.1. The number of piperidine rings is 3. The van der Waals surface area contributed by atoms with Crippen LogP contribution in [0.5, 0.6) is 11.5 Å². The van der Waals surface area contributed by atoms with E-state index in [1.807, 2.05) is 6.07 Å². The van der Waals surface area contributed by atoms with E-state index in [2.05, 4.69) is 32.3 Å². The molecular weight excluding hydrogens is 709 g/mol.